The van der Waals surface area contributed by atoms with E-state index in [0.717, 1.165) is 12.0 Å². The first-order chi connectivity index (χ1) is 9.29. The van der Waals surface area contributed by atoms with Gasteiger partial charge in [0.05, 0.1) is 5.02 Å². The number of halogens is 1. The van der Waals surface area contributed by atoms with Gasteiger partial charge in [0.2, 0.25) is 0 Å². The van der Waals surface area contributed by atoms with E-state index < -0.39 is 6.10 Å². The van der Waals surface area contributed by atoms with Crippen molar-refractivity contribution in [3.63, 3.8) is 0 Å². The first-order valence-electron chi connectivity index (χ1n) is 6.76. The molecule has 0 saturated carbocycles. The summed E-state index contributed by atoms with van der Waals surface area (Å²) >= 11 is 6.11. The molecule has 0 aliphatic rings. The number of nitrogens with one attached hydrogen (secondary N) is 1. The number of carbonyl (C=O) groups excluding carboxylic acids is 1. The van der Waals surface area contributed by atoms with E-state index >= 15 is 0 Å². The van der Waals surface area contributed by atoms with Crippen LogP contribution in [0.25, 0.3) is 0 Å². The summed E-state index contributed by atoms with van der Waals surface area (Å²) in [4.78, 5) is 12.1. The number of rotatable bonds is 6. The van der Waals surface area contributed by atoms with Crippen molar-refractivity contribution in [1.29, 1.82) is 0 Å². The van der Waals surface area contributed by atoms with Gasteiger partial charge in [0.1, 0.15) is 5.75 Å². The molecule has 20 heavy (non-hydrogen) atoms. The minimum absolute atomic E-state index is 0.157. The van der Waals surface area contributed by atoms with E-state index in [1.807, 2.05) is 26.8 Å². The maximum atomic E-state index is 12.1. The average molecular weight is 299 g/mol. The molecule has 0 aromatic heterocycles. The molecule has 4 nitrogen and oxygen atoms in total. The number of hydrogen-bond acceptors (Lipinski definition) is 3. The number of hydrogen-bond donors (Lipinski definition) is 2. The molecule has 1 atom stereocenters. The first-order valence-corrected chi connectivity index (χ1v) is 7.14. The fourth-order valence-electron chi connectivity index (χ4n) is 1.53. The van der Waals surface area contributed by atoms with E-state index in [4.69, 9.17) is 22.1 Å². The molecule has 0 aliphatic heterocycles. The van der Waals surface area contributed by atoms with Crippen molar-refractivity contribution in [2.24, 2.45) is 5.73 Å². The highest BCUT2D eigenvalue weighted by Gasteiger charge is 2.23. The van der Waals surface area contributed by atoms with Crippen LogP contribution in [-0.2, 0) is 11.3 Å². The van der Waals surface area contributed by atoms with Gasteiger partial charge >= 0.3 is 0 Å². The van der Waals surface area contributed by atoms with Crippen LogP contribution in [0.1, 0.15) is 39.7 Å². The Labute approximate surface area is 125 Å². The summed E-state index contributed by atoms with van der Waals surface area (Å²) in [6.45, 7) is 8.09. The summed E-state index contributed by atoms with van der Waals surface area (Å²) < 4.78 is 5.61. The molecule has 1 aromatic carbocycles. The van der Waals surface area contributed by atoms with Gasteiger partial charge in [-0.25, -0.2) is 0 Å². The number of nitrogens with two attached hydrogens (primary N) is 1. The van der Waals surface area contributed by atoms with Crippen LogP contribution in [0.4, 0.5) is 0 Å². The van der Waals surface area contributed by atoms with Crippen molar-refractivity contribution in [2.45, 2.75) is 52.3 Å². The Morgan fingerprint density at radius 2 is 2.15 bits per heavy atom. The van der Waals surface area contributed by atoms with Gasteiger partial charge in [-0.15, -0.1) is 0 Å². The molecular formula is C15H23ClN2O2. The van der Waals surface area contributed by atoms with Crippen LogP contribution < -0.4 is 15.8 Å². The lowest BCUT2D eigenvalue weighted by Crippen LogP contribution is -2.48. The molecule has 1 aromatic rings. The number of carbonyl (C=O) groups is 1. The summed E-state index contributed by atoms with van der Waals surface area (Å²) in [5.74, 6) is 0.330. The van der Waals surface area contributed by atoms with Crippen molar-refractivity contribution in [1.82, 2.24) is 5.32 Å². The Bertz CT molecular complexity index is 475. The van der Waals surface area contributed by atoms with Gasteiger partial charge in [0.15, 0.2) is 6.10 Å². The van der Waals surface area contributed by atoms with Crippen LogP contribution in [0.3, 0.4) is 0 Å². The molecular weight excluding hydrogens is 276 g/mol. The second kappa shape index (κ2) is 6.95. The maximum Gasteiger partial charge on any atom is 0.261 e. The monoisotopic (exact) mass is 298 g/mol. The minimum Gasteiger partial charge on any atom is -0.479 e. The van der Waals surface area contributed by atoms with Crippen molar-refractivity contribution in [3.05, 3.63) is 28.8 Å². The number of amides is 1. The van der Waals surface area contributed by atoms with Crippen molar-refractivity contribution in [3.8, 4) is 5.75 Å². The lowest BCUT2D eigenvalue weighted by molar-refractivity contribution is -0.128. The van der Waals surface area contributed by atoms with Crippen LogP contribution in [0.2, 0.25) is 5.02 Å². The van der Waals surface area contributed by atoms with Crippen LogP contribution >= 0.6 is 11.6 Å². The minimum atomic E-state index is -0.609. The Morgan fingerprint density at radius 3 is 2.65 bits per heavy atom. The molecule has 0 aliphatic carbocycles. The molecule has 0 bridgehead atoms. The molecule has 112 valence electrons. The quantitative estimate of drug-likeness (QED) is 0.849. The third-order valence-electron chi connectivity index (χ3n) is 3.25. The molecule has 5 heteroatoms. The smallest absolute Gasteiger partial charge is 0.261 e. The Kier molecular flexibility index (Phi) is 5.84. The molecule has 0 radical (unpaired) electrons. The van der Waals surface area contributed by atoms with Crippen LogP contribution in [0.15, 0.2) is 18.2 Å². The molecule has 1 amide bonds. The summed E-state index contributed by atoms with van der Waals surface area (Å²) in [5, 5.41) is 3.40. The fourth-order valence-corrected chi connectivity index (χ4v) is 1.78. The van der Waals surface area contributed by atoms with E-state index in [2.05, 4.69) is 5.32 Å². The zero-order valence-electron chi connectivity index (χ0n) is 12.5. The van der Waals surface area contributed by atoms with Crippen LogP contribution in [0.5, 0.6) is 5.75 Å². The lowest BCUT2D eigenvalue weighted by Gasteiger charge is -2.26. The van der Waals surface area contributed by atoms with E-state index in [1.54, 1.807) is 19.1 Å². The van der Waals surface area contributed by atoms with Crippen LogP contribution in [-0.4, -0.2) is 17.6 Å². The second-order valence-electron chi connectivity index (χ2n) is 5.46. The van der Waals surface area contributed by atoms with Crippen molar-refractivity contribution in [2.75, 3.05) is 0 Å². The SMILES string of the molecule is CCC(C)(C)NC(=O)C(C)Oc1ccc(CN)cc1Cl. The lowest BCUT2D eigenvalue weighted by atomic mass is 10.0. The summed E-state index contributed by atoms with van der Waals surface area (Å²) in [7, 11) is 0. The second-order valence-corrected chi connectivity index (χ2v) is 5.86. The molecule has 0 fully saturated rings. The maximum absolute atomic E-state index is 12.1. The van der Waals surface area contributed by atoms with Crippen LogP contribution in [0, 0.1) is 0 Å². The van der Waals surface area contributed by atoms with Gasteiger partial charge in [0, 0.05) is 12.1 Å². The van der Waals surface area contributed by atoms with Crippen molar-refractivity contribution >= 4 is 17.5 Å². The standard InChI is InChI=1S/C15H23ClN2O2/c1-5-15(3,4)18-14(19)10(2)20-13-7-6-11(9-17)8-12(13)16/h6-8,10H,5,9,17H2,1-4H3,(H,18,19). The summed E-state index contributed by atoms with van der Waals surface area (Å²) in [5.41, 5.74) is 6.21. The van der Waals surface area contributed by atoms with Gasteiger partial charge in [-0.2, -0.15) is 0 Å². The largest absolute Gasteiger partial charge is 0.479 e. The fraction of sp³-hybridized carbons (Fsp3) is 0.533. The normalized spacial score (nSPS) is 12.9. The van der Waals surface area contributed by atoms with E-state index in [0.29, 0.717) is 17.3 Å². The average Bonchev–Trinajstić information content (AvgIpc) is 2.40. The molecule has 0 spiro atoms. The molecule has 0 heterocycles. The Hall–Kier alpha value is -1.26. The number of ether oxygens (including phenoxy) is 1. The molecule has 3 N–H and O–H groups in total. The highest BCUT2D eigenvalue weighted by atomic mass is 35.5. The predicted molar refractivity (Wildman–Crippen MR) is 81.9 cm³/mol. The van der Waals surface area contributed by atoms with E-state index in [1.165, 1.54) is 0 Å². The zero-order valence-corrected chi connectivity index (χ0v) is 13.3. The zero-order chi connectivity index (χ0) is 15.3. The molecule has 1 unspecified atom stereocenters. The third-order valence-corrected chi connectivity index (χ3v) is 3.55. The summed E-state index contributed by atoms with van der Waals surface area (Å²) in [6, 6.07) is 5.32. The van der Waals surface area contributed by atoms with Gasteiger partial charge in [0.25, 0.3) is 5.91 Å². The predicted octanol–water partition coefficient (Wildman–Crippen LogP) is 2.87. The van der Waals surface area contributed by atoms with Gasteiger partial charge in [-0.05, 0) is 44.9 Å². The van der Waals surface area contributed by atoms with Gasteiger partial charge in [-0.3, -0.25) is 4.79 Å². The van der Waals surface area contributed by atoms with Gasteiger partial charge < -0.3 is 15.8 Å². The Balaban J connectivity index is 2.71. The molecule has 0 saturated heterocycles. The topological polar surface area (TPSA) is 64.3 Å². The highest BCUT2D eigenvalue weighted by molar-refractivity contribution is 6.32. The summed E-state index contributed by atoms with van der Waals surface area (Å²) in [6.07, 6.45) is 0.235. The third kappa shape index (κ3) is 4.69. The van der Waals surface area contributed by atoms with Crippen molar-refractivity contribution < 1.29 is 9.53 Å². The first kappa shape index (κ1) is 16.8. The van der Waals surface area contributed by atoms with E-state index in [-0.39, 0.29) is 11.4 Å². The van der Waals surface area contributed by atoms with Gasteiger partial charge in [-0.1, -0.05) is 24.6 Å². The highest BCUT2D eigenvalue weighted by Crippen LogP contribution is 2.26. The molecule has 1 rings (SSSR count). The van der Waals surface area contributed by atoms with E-state index in [9.17, 15) is 4.79 Å². The Morgan fingerprint density at radius 1 is 1.50 bits per heavy atom. The number of benzene rings is 1.